The van der Waals surface area contributed by atoms with Gasteiger partial charge in [-0.1, -0.05) is 26.7 Å². The van der Waals surface area contributed by atoms with Crippen LogP contribution >= 0.6 is 0 Å². The molecule has 0 amide bonds. The van der Waals surface area contributed by atoms with Gasteiger partial charge in [-0.3, -0.25) is 9.89 Å². The monoisotopic (exact) mass is 284 g/mol. The Hall–Kier alpha value is -0.810. The van der Waals surface area contributed by atoms with Crippen molar-refractivity contribution in [3.63, 3.8) is 0 Å². The van der Waals surface area contributed by atoms with Gasteiger partial charge < -0.3 is 15.8 Å². The SMILES string of the molecule is CCC(CC)C(CN=C(N)NC(C)C)N1CCOCC1. The van der Waals surface area contributed by atoms with E-state index in [4.69, 9.17) is 10.5 Å². The van der Waals surface area contributed by atoms with Crippen molar-refractivity contribution in [2.24, 2.45) is 16.6 Å². The maximum absolute atomic E-state index is 5.93. The molecule has 1 rings (SSSR count). The van der Waals surface area contributed by atoms with Gasteiger partial charge in [-0.15, -0.1) is 0 Å². The van der Waals surface area contributed by atoms with Crippen molar-refractivity contribution in [1.29, 1.82) is 0 Å². The molecule has 0 radical (unpaired) electrons. The van der Waals surface area contributed by atoms with E-state index in [1.54, 1.807) is 0 Å². The first-order valence-electron chi connectivity index (χ1n) is 7.96. The average molecular weight is 284 g/mol. The normalized spacial score (nSPS) is 19.6. The third-order valence-electron chi connectivity index (χ3n) is 3.99. The Kier molecular flexibility index (Phi) is 7.92. The smallest absolute Gasteiger partial charge is 0.188 e. The fraction of sp³-hybridized carbons (Fsp3) is 0.933. The Morgan fingerprint density at radius 1 is 1.25 bits per heavy atom. The quantitative estimate of drug-likeness (QED) is 0.548. The number of morpholine rings is 1. The molecule has 20 heavy (non-hydrogen) atoms. The van der Waals surface area contributed by atoms with E-state index in [1.165, 1.54) is 12.8 Å². The highest BCUT2D eigenvalue weighted by molar-refractivity contribution is 5.78. The Balaban J connectivity index is 2.66. The van der Waals surface area contributed by atoms with E-state index in [-0.39, 0.29) is 0 Å². The zero-order valence-electron chi connectivity index (χ0n) is 13.6. The summed E-state index contributed by atoms with van der Waals surface area (Å²) in [6.07, 6.45) is 2.37. The van der Waals surface area contributed by atoms with Gasteiger partial charge in [-0.2, -0.15) is 0 Å². The van der Waals surface area contributed by atoms with Gasteiger partial charge in [0.2, 0.25) is 0 Å². The van der Waals surface area contributed by atoms with Crippen LogP contribution in [0.4, 0.5) is 0 Å². The first-order chi connectivity index (χ1) is 9.58. The van der Waals surface area contributed by atoms with Crippen LogP contribution in [0.1, 0.15) is 40.5 Å². The summed E-state index contributed by atoms with van der Waals surface area (Å²) < 4.78 is 5.46. The van der Waals surface area contributed by atoms with Crippen molar-refractivity contribution < 1.29 is 4.74 Å². The second-order valence-corrected chi connectivity index (χ2v) is 5.82. The second kappa shape index (κ2) is 9.19. The summed E-state index contributed by atoms with van der Waals surface area (Å²) in [5.41, 5.74) is 5.93. The third-order valence-corrected chi connectivity index (χ3v) is 3.99. The molecule has 1 aliphatic rings. The molecular formula is C15H32N4O. The molecule has 1 saturated heterocycles. The minimum Gasteiger partial charge on any atom is -0.379 e. The third kappa shape index (κ3) is 5.67. The van der Waals surface area contributed by atoms with Crippen molar-refractivity contribution >= 4 is 5.96 Å². The van der Waals surface area contributed by atoms with E-state index >= 15 is 0 Å². The van der Waals surface area contributed by atoms with Gasteiger partial charge in [-0.05, 0) is 19.8 Å². The Bertz CT molecular complexity index is 284. The molecule has 0 aliphatic carbocycles. The molecule has 1 fully saturated rings. The number of hydrogen-bond acceptors (Lipinski definition) is 3. The Labute approximate surface area is 124 Å². The van der Waals surface area contributed by atoms with Crippen molar-refractivity contribution in [1.82, 2.24) is 10.2 Å². The number of hydrogen-bond donors (Lipinski definition) is 2. The number of rotatable bonds is 7. The van der Waals surface area contributed by atoms with Crippen LogP contribution in [0.25, 0.3) is 0 Å². The van der Waals surface area contributed by atoms with Gasteiger partial charge in [-0.25, -0.2) is 0 Å². The maximum atomic E-state index is 5.93. The van der Waals surface area contributed by atoms with E-state index in [2.05, 4.69) is 42.9 Å². The van der Waals surface area contributed by atoms with E-state index in [0.29, 0.717) is 24.0 Å². The number of guanidine groups is 1. The predicted octanol–water partition coefficient (Wildman–Crippen LogP) is 1.44. The molecule has 118 valence electrons. The molecular weight excluding hydrogens is 252 g/mol. The molecule has 1 aliphatic heterocycles. The molecule has 0 spiro atoms. The summed E-state index contributed by atoms with van der Waals surface area (Å²) in [4.78, 5) is 7.08. The minimum absolute atomic E-state index is 0.328. The molecule has 1 unspecified atom stereocenters. The number of aliphatic imine (C=N–C) groups is 1. The van der Waals surface area contributed by atoms with E-state index in [0.717, 1.165) is 32.8 Å². The molecule has 5 nitrogen and oxygen atoms in total. The molecule has 0 saturated carbocycles. The number of nitrogens with one attached hydrogen (secondary N) is 1. The van der Waals surface area contributed by atoms with E-state index in [9.17, 15) is 0 Å². The highest BCUT2D eigenvalue weighted by Gasteiger charge is 2.26. The highest BCUT2D eigenvalue weighted by Crippen LogP contribution is 2.20. The zero-order chi connectivity index (χ0) is 15.0. The number of nitrogens with two attached hydrogens (primary N) is 1. The van der Waals surface area contributed by atoms with E-state index < -0.39 is 0 Å². The lowest BCUT2D eigenvalue weighted by atomic mass is 9.92. The fourth-order valence-electron chi connectivity index (χ4n) is 2.84. The molecule has 0 bridgehead atoms. The maximum Gasteiger partial charge on any atom is 0.188 e. The van der Waals surface area contributed by atoms with Crippen molar-refractivity contribution in [2.75, 3.05) is 32.8 Å². The second-order valence-electron chi connectivity index (χ2n) is 5.82. The number of nitrogens with zero attached hydrogens (tertiary/aromatic N) is 2. The van der Waals surface area contributed by atoms with Gasteiger partial charge in [0.15, 0.2) is 5.96 Å². The summed E-state index contributed by atoms with van der Waals surface area (Å²) in [6, 6.07) is 0.801. The van der Waals surface area contributed by atoms with Gasteiger partial charge in [0.25, 0.3) is 0 Å². The Morgan fingerprint density at radius 2 is 1.85 bits per heavy atom. The predicted molar refractivity (Wildman–Crippen MR) is 85.0 cm³/mol. The summed E-state index contributed by atoms with van der Waals surface area (Å²) >= 11 is 0. The summed E-state index contributed by atoms with van der Waals surface area (Å²) in [5.74, 6) is 1.23. The van der Waals surface area contributed by atoms with E-state index in [1.807, 2.05) is 0 Å². The van der Waals surface area contributed by atoms with Crippen LogP contribution in [0, 0.1) is 5.92 Å². The summed E-state index contributed by atoms with van der Waals surface area (Å²) in [7, 11) is 0. The largest absolute Gasteiger partial charge is 0.379 e. The van der Waals surface area contributed by atoms with Crippen LogP contribution in [0.2, 0.25) is 0 Å². The van der Waals surface area contributed by atoms with Gasteiger partial charge in [0.05, 0.1) is 19.8 Å². The van der Waals surface area contributed by atoms with Crippen LogP contribution in [-0.4, -0.2) is 55.8 Å². The average Bonchev–Trinajstić information content (AvgIpc) is 2.43. The minimum atomic E-state index is 0.328. The van der Waals surface area contributed by atoms with Crippen LogP contribution in [0.5, 0.6) is 0 Å². The lowest BCUT2D eigenvalue weighted by molar-refractivity contribution is 0.00396. The molecule has 1 heterocycles. The lowest BCUT2D eigenvalue weighted by Crippen LogP contribution is -2.49. The molecule has 0 aromatic rings. The first kappa shape index (κ1) is 17.2. The van der Waals surface area contributed by atoms with Gasteiger partial charge >= 0.3 is 0 Å². The Morgan fingerprint density at radius 3 is 2.35 bits per heavy atom. The summed E-state index contributed by atoms with van der Waals surface area (Å²) in [5, 5.41) is 3.16. The topological polar surface area (TPSA) is 62.9 Å². The van der Waals surface area contributed by atoms with Crippen LogP contribution < -0.4 is 11.1 Å². The van der Waals surface area contributed by atoms with Gasteiger partial charge in [0.1, 0.15) is 0 Å². The number of ether oxygens (including phenoxy) is 1. The first-order valence-corrected chi connectivity index (χ1v) is 7.96. The van der Waals surface area contributed by atoms with Crippen molar-refractivity contribution in [2.45, 2.75) is 52.6 Å². The fourth-order valence-corrected chi connectivity index (χ4v) is 2.84. The van der Waals surface area contributed by atoms with Crippen LogP contribution in [0.15, 0.2) is 4.99 Å². The zero-order valence-corrected chi connectivity index (χ0v) is 13.6. The molecule has 3 N–H and O–H groups in total. The van der Waals surface area contributed by atoms with Crippen LogP contribution in [-0.2, 0) is 4.74 Å². The van der Waals surface area contributed by atoms with Crippen LogP contribution in [0.3, 0.4) is 0 Å². The van der Waals surface area contributed by atoms with Crippen molar-refractivity contribution in [3.8, 4) is 0 Å². The van der Waals surface area contributed by atoms with Gasteiger partial charge in [0, 0.05) is 25.2 Å². The molecule has 0 aromatic carbocycles. The highest BCUT2D eigenvalue weighted by atomic mass is 16.5. The molecule has 0 aromatic heterocycles. The molecule has 1 atom stereocenters. The van der Waals surface area contributed by atoms with Crippen molar-refractivity contribution in [3.05, 3.63) is 0 Å². The standard InChI is InChI=1S/C15H32N4O/c1-5-13(6-2)14(19-7-9-20-10-8-19)11-17-15(16)18-12(3)4/h12-14H,5-11H2,1-4H3,(H3,16,17,18). The summed E-state index contributed by atoms with van der Waals surface area (Å²) in [6.45, 7) is 13.1. The lowest BCUT2D eigenvalue weighted by Gasteiger charge is -2.38. The molecule has 5 heteroatoms.